The normalized spacial score (nSPS) is 18.2. The fourth-order valence-corrected chi connectivity index (χ4v) is 3.61. The molecule has 2 heterocycles. The van der Waals surface area contributed by atoms with Gasteiger partial charge >= 0.3 is 0 Å². The van der Waals surface area contributed by atoms with Gasteiger partial charge in [0, 0.05) is 26.4 Å². The number of sulfonamides is 1. The average Bonchev–Trinajstić information content (AvgIpc) is 2.60. The van der Waals surface area contributed by atoms with E-state index in [0.29, 0.717) is 31.1 Å². The van der Waals surface area contributed by atoms with Crippen LogP contribution >= 0.6 is 0 Å². The van der Waals surface area contributed by atoms with Gasteiger partial charge in [0.05, 0.1) is 17.9 Å². The van der Waals surface area contributed by atoms with Crippen LogP contribution in [0.1, 0.15) is 11.1 Å². The summed E-state index contributed by atoms with van der Waals surface area (Å²) in [4.78, 5) is 14.1. The lowest BCUT2D eigenvalue weighted by atomic mass is 10.1. The minimum absolute atomic E-state index is 0.0554. The average molecular weight is 361 g/mol. The smallest absolute Gasteiger partial charge is 0.256 e. The molecule has 1 amide bonds. The highest BCUT2D eigenvalue weighted by molar-refractivity contribution is 7.90. The van der Waals surface area contributed by atoms with E-state index in [1.807, 2.05) is 24.3 Å². The number of ether oxygens (including phenoxy) is 1. The Labute approximate surface area is 146 Å². The minimum Gasteiger partial charge on any atom is -0.380 e. The first-order chi connectivity index (χ1) is 12.0. The topological polar surface area (TPSA) is 88.1 Å². The van der Waals surface area contributed by atoms with Crippen molar-refractivity contribution in [2.45, 2.75) is 13.2 Å². The summed E-state index contributed by atoms with van der Waals surface area (Å²) in [6.45, 7) is 1.16. The van der Waals surface area contributed by atoms with Gasteiger partial charge < -0.3 is 15.0 Å². The van der Waals surface area contributed by atoms with Crippen molar-refractivity contribution in [2.24, 2.45) is 4.40 Å². The molecule has 0 aromatic heterocycles. The van der Waals surface area contributed by atoms with E-state index in [0.717, 1.165) is 11.1 Å². The number of amidine groups is 1. The van der Waals surface area contributed by atoms with E-state index in [1.54, 1.807) is 30.4 Å². The van der Waals surface area contributed by atoms with Gasteiger partial charge in [-0.15, -0.1) is 4.40 Å². The van der Waals surface area contributed by atoms with Crippen molar-refractivity contribution < 1.29 is 17.9 Å². The van der Waals surface area contributed by atoms with Crippen LogP contribution in [0, 0.1) is 0 Å². The standard InChI is InChI=1S/C17H19N3O4S/c1-24-12-15-5-3-2-4-13(15)10-18-17(21)14-6-7-16-19-25(22,23)9-8-20(16)11-14/h2-7,11H,8-10,12H2,1H3,(H,18,21). The molecule has 0 bridgehead atoms. The quantitative estimate of drug-likeness (QED) is 0.843. The predicted molar refractivity (Wildman–Crippen MR) is 94.2 cm³/mol. The first kappa shape index (κ1) is 17.4. The number of fused-ring (bicyclic) bond motifs is 1. The summed E-state index contributed by atoms with van der Waals surface area (Å²) in [6, 6.07) is 7.75. The van der Waals surface area contributed by atoms with E-state index in [-0.39, 0.29) is 11.7 Å². The number of nitrogens with one attached hydrogen (secondary N) is 1. The van der Waals surface area contributed by atoms with Crippen molar-refractivity contribution in [1.29, 1.82) is 0 Å². The summed E-state index contributed by atoms with van der Waals surface area (Å²) in [5, 5.41) is 2.88. The Hall–Kier alpha value is -2.45. The molecule has 3 rings (SSSR count). The molecule has 0 saturated heterocycles. The molecule has 0 spiro atoms. The van der Waals surface area contributed by atoms with E-state index in [4.69, 9.17) is 4.74 Å². The van der Waals surface area contributed by atoms with Crippen molar-refractivity contribution in [3.63, 3.8) is 0 Å². The Balaban J connectivity index is 1.67. The fraction of sp³-hybridized carbons (Fsp3) is 0.294. The molecule has 7 nitrogen and oxygen atoms in total. The molecule has 0 unspecified atom stereocenters. The lowest BCUT2D eigenvalue weighted by Crippen LogP contribution is -2.38. The number of methoxy groups -OCH3 is 1. The van der Waals surface area contributed by atoms with E-state index in [9.17, 15) is 13.2 Å². The molecule has 0 saturated carbocycles. The number of hydrogen-bond donors (Lipinski definition) is 1. The highest BCUT2D eigenvalue weighted by atomic mass is 32.2. The van der Waals surface area contributed by atoms with Crippen LogP contribution in [0.25, 0.3) is 0 Å². The van der Waals surface area contributed by atoms with Crippen LogP contribution in [0.15, 0.2) is 52.6 Å². The maximum Gasteiger partial charge on any atom is 0.256 e. The third-order valence-corrected chi connectivity index (χ3v) is 5.11. The molecule has 0 aliphatic carbocycles. The molecule has 1 N–H and O–H groups in total. The summed E-state index contributed by atoms with van der Waals surface area (Å²) in [5.41, 5.74) is 2.47. The summed E-state index contributed by atoms with van der Waals surface area (Å²) < 4.78 is 31.9. The third kappa shape index (κ3) is 4.15. The fourth-order valence-electron chi connectivity index (χ4n) is 2.64. The summed E-state index contributed by atoms with van der Waals surface area (Å²) >= 11 is 0. The lowest BCUT2D eigenvalue weighted by molar-refractivity contribution is -0.117. The number of amides is 1. The van der Waals surface area contributed by atoms with Crippen LogP contribution in [0.5, 0.6) is 0 Å². The monoisotopic (exact) mass is 361 g/mol. The van der Waals surface area contributed by atoms with Gasteiger partial charge in [-0.2, -0.15) is 0 Å². The molecule has 1 aromatic rings. The van der Waals surface area contributed by atoms with Crippen molar-refractivity contribution in [1.82, 2.24) is 10.2 Å². The SMILES string of the molecule is COCc1ccccc1CNC(=O)C1=CN2CCS(=O)(=O)N=C2C=C1. The van der Waals surface area contributed by atoms with Crippen molar-refractivity contribution in [3.8, 4) is 0 Å². The predicted octanol–water partition coefficient (Wildman–Crippen LogP) is 0.947. The van der Waals surface area contributed by atoms with Gasteiger partial charge in [-0.1, -0.05) is 24.3 Å². The molecular weight excluding hydrogens is 342 g/mol. The third-order valence-electron chi connectivity index (χ3n) is 3.94. The number of carbonyl (C=O) groups excluding carboxylic acids is 1. The van der Waals surface area contributed by atoms with Crippen molar-refractivity contribution >= 4 is 21.8 Å². The number of hydrogen-bond acceptors (Lipinski definition) is 5. The number of carbonyl (C=O) groups is 1. The van der Waals surface area contributed by atoms with Crippen LogP contribution in [0.4, 0.5) is 0 Å². The Morgan fingerprint density at radius 2 is 2.04 bits per heavy atom. The molecule has 1 aromatic carbocycles. The zero-order valence-corrected chi connectivity index (χ0v) is 14.6. The Bertz CT molecular complexity index is 872. The Morgan fingerprint density at radius 1 is 1.28 bits per heavy atom. The molecule has 2 aliphatic rings. The van der Waals surface area contributed by atoms with E-state index in [2.05, 4.69) is 9.71 Å². The van der Waals surface area contributed by atoms with Gasteiger partial charge in [0.2, 0.25) is 0 Å². The second-order valence-electron chi connectivity index (χ2n) is 5.73. The van der Waals surface area contributed by atoms with E-state index < -0.39 is 10.0 Å². The Kier molecular flexibility index (Phi) is 5.00. The zero-order valence-electron chi connectivity index (χ0n) is 13.8. The van der Waals surface area contributed by atoms with Gasteiger partial charge in [-0.05, 0) is 23.3 Å². The first-order valence-electron chi connectivity index (χ1n) is 7.81. The second-order valence-corrected chi connectivity index (χ2v) is 7.49. The Morgan fingerprint density at radius 3 is 2.80 bits per heavy atom. The van der Waals surface area contributed by atoms with Crippen LogP contribution in [-0.2, 0) is 32.7 Å². The highest BCUT2D eigenvalue weighted by Gasteiger charge is 2.24. The van der Waals surface area contributed by atoms with Gasteiger partial charge in [0.1, 0.15) is 5.84 Å². The second kappa shape index (κ2) is 7.20. The number of benzene rings is 1. The van der Waals surface area contributed by atoms with Gasteiger partial charge in [-0.25, -0.2) is 8.42 Å². The number of rotatable bonds is 5. The van der Waals surface area contributed by atoms with Crippen LogP contribution in [0.3, 0.4) is 0 Å². The van der Waals surface area contributed by atoms with Gasteiger partial charge in [0.15, 0.2) is 0 Å². The largest absolute Gasteiger partial charge is 0.380 e. The summed E-state index contributed by atoms with van der Waals surface area (Å²) in [7, 11) is -1.76. The lowest BCUT2D eigenvalue weighted by Gasteiger charge is -2.27. The molecule has 0 fully saturated rings. The molecule has 132 valence electrons. The van der Waals surface area contributed by atoms with Crippen molar-refractivity contribution in [3.05, 3.63) is 59.3 Å². The van der Waals surface area contributed by atoms with Crippen LogP contribution in [0.2, 0.25) is 0 Å². The highest BCUT2D eigenvalue weighted by Crippen LogP contribution is 2.16. The molecule has 0 atom stereocenters. The van der Waals surface area contributed by atoms with Crippen LogP contribution in [-0.4, -0.2) is 44.5 Å². The molecular formula is C17H19N3O4S. The van der Waals surface area contributed by atoms with Crippen molar-refractivity contribution in [2.75, 3.05) is 19.4 Å². The minimum atomic E-state index is -3.39. The van der Waals surface area contributed by atoms with E-state index >= 15 is 0 Å². The first-order valence-corrected chi connectivity index (χ1v) is 9.42. The summed E-state index contributed by atoms with van der Waals surface area (Å²) in [5.74, 6) is 0.0596. The van der Waals surface area contributed by atoms with Gasteiger partial charge in [-0.3, -0.25) is 4.79 Å². The van der Waals surface area contributed by atoms with Crippen LogP contribution < -0.4 is 5.32 Å². The van der Waals surface area contributed by atoms with E-state index in [1.165, 1.54) is 0 Å². The van der Waals surface area contributed by atoms with Gasteiger partial charge in [0.25, 0.3) is 15.9 Å². The zero-order chi connectivity index (χ0) is 17.9. The number of nitrogens with zero attached hydrogens (tertiary/aromatic N) is 2. The molecule has 8 heteroatoms. The molecule has 2 aliphatic heterocycles. The molecule has 25 heavy (non-hydrogen) atoms. The maximum atomic E-state index is 12.4. The molecule has 0 radical (unpaired) electrons. The summed E-state index contributed by atoms with van der Waals surface area (Å²) in [6.07, 6.45) is 4.75. The maximum absolute atomic E-state index is 12.4.